The predicted molar refractivity (Wildman–Crippen MR) is 89.2 cm³/mol. The first-order valence-electron chi connectivity index (χ1n) is 7.84. The lowest BCUT2D eigenvalue weighted by molar-refractivity contribution is 0.148. The molecule has 116 valence electrons. The molecule has 4 heterocycles. The number of aliphatic hydroxyl groups excluding tert-OH is 1. The molecule has 0 radical (unpaired) electrons. The SMILES string of the molecule is O[C@@H]1CN(c2nccc3ncccc23)C[C@H]1Cc1ccccn1. The summed E-state index contributed by atoms with van der Waals surface area (Å²) in [6.45, 7) is 1.37. The minimum Gasteiger partial charge on any atom is -0.391 e. The average Bonchev–Trinajstić information content (AvgIpc) is 2.96. The third-order valence-corrected chi connectivity index (χ3v) is 4.41. The van der Waals surface area contributed by atoms with Gasteiger partial charge in [-0.05, 0) is 36.8 Å². The van der Waals surface area contributed by atoms with Crippen molar-refractivity contribution in [3.8, 4) is 0 Å². The van der Waals surface area contributed by atoms with E-state index in [2.05, 4.69) is 19.9 Å². The molecule has 0 spiro atoms. The molecule has 3 aromatic rings. The monoisotopic (exact) mass is 306 g/mol. The molecule has 0 amide bonds. The molecule has 0 bridgehead atoms. The van der Waals surface area contributed by atoms with Gasteiger partial charge in [0.1, 0.15) is 5.82 Å². The molecule has 0 aliphatic carbocycles. The number of aromatic nitrogens is 3. The largest absolute Gasteiger partial charge is 0.391 e. The molecule has 0 unspecified atom stereocenters. The van der Waals surface area contributed by atoms with Crippen LogP contribution in [-0.4, -0.2) is 39.3 Å². The van der Waals surface area contributed by atoms with Crippen molar-refractivity contribution in [1.29, 1.82) is 0 Å². The number of aliphatic hydroxyl groups is 1. The second-order valence-electron chi connectivity index (χ2n) is 5.96. The van der Waals surface area contributed by atoms with Gasteiger partial charge in [-0.1, -0.05) is 6.07 Å². The summed E-state index contributed by atoms with van der Waals surface area (Å²) in [5.41, 5.74) is 1.95. The van der Waals surface area contributed by atoms with Gasteiger partial charge < -0.3 is 10.0 Å². The van der Waals surface area contributed by atoms with Crippen LogP contribution in [0.15, 0.2) is 55.0 Å². The molecule has 23 heavy (non-hydrogen) atoms. The standard InChI is InChI=1S/C18H18N4O/c23-17-12-22(11-13(17)10-14-4-1-2-7-19-14)18-15-5-3-8-20-16(15)6-9-21-18/h1-9,13,17,23H,10-12H2/t13-,17-/m1/s1. The van der Waals surface area contributed by atoms with Crippen LogP contribution in [0.25, 0.3) is 10.9 Å². The van der Waals surface area contributed by atoms with Crippen LogP contribution in [-0.2, 0) is 6.42 Å². The van der Waals surface area contributed by atoms with Crippen molar-refractivity contribution in [3.63, 3.8) is 0 Å². The summed E-state index contributed by atoms with van der Waals surface area (Å²) in [6, 6.07) is 11.8. The third kappa shape index (κ3) is 2.75. The minimum absolute atomic E-state index is 0.165. The highest BCUT2D eigenvalue weighted by molar-refractivity contribution is 5.89. The van der Waals surface area contributed by atoms with Crippen LogP contribution in [0.5, 0.6) is 0 Å². The normalized spacial score (nSPS) is 21.0. The van der Waals surface area contributed by atoms with Crippen LogP contribution in [0, 0.1) is 5.92 Å². The lowest BCUT2D eigenvalue weighted by Gasteiger charge is -2.18. The molecule has 1 saturated heterocycles. The van der Waals surface area contributed by atoms with Crippen LogP contribution in [0.3, 0.4) is 0 Å². The Labute approximate surface area is 134 Å². The Morgan fingerprint density at radius 1 is 0.957 bits per heavy atom. The quantitative estimate of drug-likeness (QED) is 0.802. The van der Waals surface area contributed by atoms with E-state index in [9.17, 15) is 5.11 Å². The maximum atomic E-state index is 10.4. The van der Waals surface area contributed by atoms with Gasteiger partial charge in [0.05, 0.1) is 11.6 Å². The fraction of sp³-hybridized carbons (Fsp3) is 0.278. The second-order valence-corrected chi connectivity index (χ2v) is 5.96. The molecule has 1 fully saturated rings. The topological polar surface area (TPSA) is 62.1 Å². The molecule has 0 aromatic carbocycles. The second kappa shape index (κ2) is 5.93. The fourth-order valence-corrected chi connectivity index (χ4v) is 3.25. The first-order valence-corrected chi connectivity index (χ1v) is 7.84. The highest BCUT2D eigenvalue weighted by Gasteiger charge is 2.33. The summed E-state index contributed by atoms with van der Waals surface area (Å²) >= 11 is 0. The number of hydrogen-bond acceptors (Lipinski definition) is 5. The Hall–Kier alpha value is -2.53. The van der Waals surface area contributed by atoms with E-state index in [-0.39, 0.29) is 12.0 Å². The van der Waals surface area contributed by atoms with Crippen molar-refractivity contribution < 1.29 is 5.11 Å². The van der Waals surface area contributed by atoms with Crippen LogP contribution >= 0.6 is 0 Å². The number of fused-ring (bicyclic) bond motifs is 1. The number of nitrogens with zero attached hydrogens (tertiary/aromatic N) is 4. The number of rotatable bonds is 3. The van der Waals surface area contributed by atoms with Gasteiger partial charge in [0, 0.05) is 48.7 Å². The van der Waals surface area contributed by atoms with E-state index in [4.69, 9.17) is 0 Å². The first-order chi connectivity index (χ1) is 11.3. The smallest absolute Gasteiger partial charge is 0.138 e. The Morgan fingerprint density at radius 3 is 2.74 bits per heavy atom. The molecule has 1 N–H and O–H groups in total. The Morgan fingerprint density at radius 2 is 1.87 bits per heavy atom. The highest BCUT2D eigenvalue weighted by Crippen LogP contribution is 2.29. The summed E-state index contributed by atoms with van der Waals surface area (Å²) in [6.07, 6.45) is 5.77. The number of β-amino-alcohol motifs (C(OH)–C–C–N with tert-alkyl or cyclic N) is 1. The Bertz CT molecular complexity index is 803. The van der Waals surface area contributed by atoms with Gasteiger partial charge in [-0.25, -0.2) is 4.98 Å². The van der Waals surface area contributed by atoms with Crippen molar-refractivity contribution in [2.24, 2.45) is 5.92 Å². The van der Waals surface area contributed by atoms with Crippen molar-refractivity contribution in [2.75, 3.05) is 18.0 Å². The lowest BCUT2D eigenvalue weighted by Crippen LogP contribution is -2.22. The van der Waals surface area contributed by atoms with Crippen LogP contribution in [0.1, 0.15) is 5.69 Å². The molecule has 5 nitrogen and oxygen atoms in total. The zero-order valence-electron chi connectivity index (χ0n) is 12.7. The Balaban J connectivity index is 1.59. The summed E-state index contributed by atoms with van der Waals surface area (Å²) < 4.78 is 0. The molecule has 5 heteroatoms. The van der Waals surface area contributed by atoms with Gasteiger partial charge in [-0.3, -0.25) is 9.97 Å². The lowest BCUT2D eigenvalue weighted by atomic mass is 10.00. The zero-order chi connectivity index (χ0) is 15.6. The van der Waals surface area contributed by atoms with E-state index >= 15 is 0 Å². The van der Waals surface area contributed by atoms with E-state index in [1.165, 1.54) is 0 Å². The summed E-state index contributed by atoms with van der Waals surface area (Å²) in [4.78, 5) is 15.4. The number of anilines is 1. The predicted octanol–water partition coefficient (Wildman–Crippen LogP) is 2.06. The number of pyridine rings is 3. The average molecular weight is 306 g/mol. The van der Waals surface area contributed by atoms with Crippen molar-refractivity contribution in [3.05, 3.63) is 60.7 Å². The van der Waals surface area contributed by atoms with Crippen LogP contribution < -0.4 is 4.90 Å². The minimum atomic E-state index is -0.370. The van der Waals surface area contributed by atoms with E-state index in [1.54, 1.807) is 18.6 Å². The van der Waals surface area contributed by atoms with E-state index in [0.29, 0.717) is 6.54 Å². The maximum Gasteiger partial charge on any atom is 0.138 e. The van der Waals surface area contributed by atoms with Gasteiger partial charge in [-0.2, -0.15) is 0 Å². The van der Waals surface area contributed by atoms with Crippen molar-refractivity contribution in [2.45, 2.75) is 12.5 Å². The Kier molecular flexibility index (Phi) is 3.63. The maximum absolute atomic E-state index is 10.4. The van der Waals surface area contributed by atoms with Gasteiger partial charge >= 0.3 is 0 Å². The molecular formula is C18H18N4O. The molecule has 2 atom stereocenters. The van der Waals surface area contributed by atoms with E-state index in [0.717, 1.165) is 35.4 Å². The highest BCUT2D eigenvalue weighted by atomic mass is 16.3. The summed E-state index contributed by atoms with van der Waals surface area (Å²) in [5.74, 6) is 1.07. The van der Waals surface area contributed by atoms with Gasteiger partial charge in [-0.15, -0.1) is 0 Å². The fourth-order valence-electron chi connectivity index (χ4n) is 3.25. The van der Waals surface area contributed by atoms with Crippen LogP contribution in [0.2, 0.25) is 0 Å². The number of hydrogen-bond donors (Lipinski definition) is 1. The molecule has 4 rings (SSSR count). The third-order valence-electron chi connectivity index (χ3n) is 4.41. The van der Waals surface area contributed by atoms with E-state index < -0.39 is 0 Å². The van der Waals surface area contributed by atoms with Gasteiger partial charge in [0.25, 0.3) is 0 Å². The molecular weight excluding hydrogens is 288 g/mol. The van der Waals surface area contributed by atoms with E-state index in [1.807, 2.05) is 36.4 Å². The molecule has 1 aliphatic heterocycles. The zero-order valence-corrected chi connectivity index (χ0v) is 12.7. The molecule has 0 saturated carbocycles. The molecule has 3 aromatic heterocycles. The van der Waals surface area contributed by atoms with Gasteiger partial charge in [0.2, 0.25) is 0 Å². The summed E-state index contributed by atoms with van der Waals surface area (Å²) in [7, 11) is 0. The molecule has 1 aliphatic rings. The first kappa shape index (κ1) is 14.1. The van der Waals surface area contributed by atoms with Crippen LogP contribution in [0.4, 0.5) is 5.82 Å². The summed E-state index contributed by atoms with van der Waals surface area (Å²) in [5, 5.41) is 11.5. The van der Waals surface area contributed by atoms with Crippen molar-refractivity contribution in [1.82, 2.24) is 15.0 Å². The van der Waals surface area contributed by atoms with Gasteiger partial charge in [0.15, 0.2) is 0 Å². The van der Waals surface area contributed by atoms with Crippen molar-refractivity contribution >= 4 is 16.7 Å².